The number of nitrogens with one attached hydrogen (secondary N) is 1. The van der Waals surface area contributed by atoms with Crippen LogP contribution in [-0.2, 0) is 4.79 Å². The van der Waals surface area contributed by atoms with Crippen molar-refractivity contribution in [3.05, 3.63) is 48.0 Å². The summed E-state index contributed by atoms with van der Waals surface area (Å²) in [7, 11) is 3.47. The molecule has 2 aromatic carbocycles. The highest BCUT2D eigenvalue weighted by Crippen LogP contribution is 2.37. The average Bonchev–Trinajstić information content (AvgIpc) is 2.89. The van der Waals surface area contributed by atoms with E-state index in [9.17, 15) is 9.18 Å². The van der Waals surface area contributed by atoms with Crippen LogP contribution in [0.5, 0.6) is 11.5 Å². The molecular formula is C27H32FN5O3. The van der Waals surface area contributed by atoms with Gasteiger partial charge < -0.3 is 19.7 Å². The third kappa shape index (κ3) is 4.93. The first kappa shape index (κ1) is 24.2. The Morgan fingerprint density at radius 2 is 1.89 bits per heavy atom. The molecule has 1 saturated carbocycles. The number of rotatable bonds is 6. The number of methoxy groups -OCH3 is 1. The van der Waals surface area contributed by atoms with Gasteiger partial charge in [0.05, 0.1) is 31.0 Å². The summed E-state index contributed by atoms with van der Waals surface area (Å²) in [6.07, 6.45) is 5.27. The molecule has 190 valence electrons. The Bertz CT molecular complexity index is 1260. The Labute approximate surface area is 210 Å². The lowest BCUT2D eigenvalue weighted by Crippen LogP contribution is -2.53. The van der Waals surface area contributed by atoms with Gasteiger partial charge in [0, 0.05) is 37.6 Å². The second kappa shape index (κ2) is 10.3. The molecule has 3 aromatic rings. The van der Waals surface area contributed by atoms with Crippen LogP contribution in [0.15, 0.2) is 36.7 Å². The second-order valence-electron chi connectivity index (χ2n) is 9.64. The zero-order valence-electron chi connectivity index (χ0n) is 21.0. The summed E-state index contributed by atoms with van der Waals surface area (Å²) in [6.45, 7) is 3.94. The van der Waals surface area contributed by atoms with E-state index in [4.69, 9.17) is 9.47 Å². The highest BCUT2D eigenvalue weighted by molar-refractivity contribution is 5.93. The van der Waals surface area contributed by atoms with Crippen molar-refractivity contribution in [3.8, 4) is 11.5 Å². The van der Waals surface area contributed by atoms with Crippen LogP contribution in [0.4, 0.5) is 15.9 Å². The SMILES string of the molecule is COc1cc2ncnc(Nc3cccc(C)c3F)c2cc1OC1CCC(N2CCN(C)C(=O)C2)CC1. The Hall–Kier alpha value is -3.46. The zero-order chi connectivity index (χ0) is 25.2. The Balaban J connectivity index is 1.33. The van der Waals surface area contributed by atoms with Crippen LogP contribution < -0.4 is 14.8 Å². The number of hydrogen-bond acceptors (Lipinski definition) is 7. The van der Waals surface area contributed by atoms with Gasteiger partial charge in [0.25, 0.3) is 0 Å². The molecule has 1 aliphatic carbocycles. The quantitative estimate of drug-likeness (QED) is 0.549. The van der Waals surface area contributed by atoms with Gasteiger partial charge in [-0.25, -0.2) is 14.4 Å². The molecule has 36 heavy (non-hydrogen) atoms. The van der Waals surface area contributed by atoms with Gasteiger partial charge in [-0.05, 0) is 50.3 Å². The summed E-state index contributed by atoms with van der Waals surface area (Å²) >= 11 is 0. The van der Waals surface area contributed by atoms with E-state index in [1.807, 2.05) is 19.2 Å². The number of benzene rings is 2. The lowest BCUT2D eigenvalue weighted by molar-refractivity contribution is -0.135. The molecule has 2 fully saturated rings. The predicted octanol–water partition coefficient (Wildman–Crippen LogP) is 4.29. The van der Waals surface area contributed by atoms with Gasteiger partial charge in [-0.1, -0.05) is 12.1 Å². The monoisotopic (exact) mass is 493 g/mol. The van der Waals surface area contributed by atoms with Crippen LogP contribution >= 0.6 is 0 Å². The maximum atomic E-state index is 14.6. The fraction of sp³-hybridized carbons (Fsp3) is 0.444. The molecule has 0 radical (unpaired) electrons. The fourth-order valence-corrected chi connectivity index (χ4v) is 5.08. The van der Waals surface area contributed by atoms with Crippen molar-refractivity contribution < 1.29 is 18.7 Å². The van der Waals surface area contributed by atoms with Crippen molar-refractivity contribution in [1.29, 1.82) is 0 Å². The number of aryl methyl sites for hydroxylation is 1. The third-order valence-electron chi connectivity index (χ3n) is 7.31. The molecule has 5 rings (SSSR count). The van der Waals surface area contributed by atoms with E-state index in [1.54, 1.807) is 37.1 Å². The molecule has 1 N–H and O–H groups in total. The van der Waals surface area contributed by atoms with Crippen LogP contribution in [-0.4, -0.2) is 71.6 Å². The highest BCUT2D eigenvalue weighted by Gasteiger charge is 2.31. The second-order valence-corrected chi connectivity index (χ2v) is 9.64. The van der Waals surface area contributed by atoms with E-state index in [0.717, 1.165) is 44.2 Å². The van der Waals surface area contributed by atoms with Crippen molar-refractivity contribution in [1.82, 2.24) is 19.8 Å². The molecule has 2 aliphatic rings. The van der Waals surface area contributed by atoms with E-state index in [-0.39, 0.29) is 17.8 Å². The number of carbonyl (C=O) groups excluding carboxylic acids is 1. The third-order valence-corrected chi connectivity index (χ3v) is 7.31. The number of fused-ring (bicyclic) bond motifs is 1. The van der Waals surface area contributed by atoms with Crippen LogP contribution in [0.25, 0.3) is 10.9 Å². The van der Waals surface area contributed by atoms with E-state index >= 15 is 0 Å². The lowest BCUT2D eigenvalue weighted by Gasteiger charge is -2.40. The lowest BCUT2D eigenvalue weighted by atomic mass is 9.91. The minimum atomic E-state index is -0.312. The van der Waals surface area contributed by atoms with E-state index in [2.05, 4.69) is 20.2 Å². The fourth-order valence-electron chi connectivity index (χ4n) is 5.08. The Morgan fingerprint density at radius 1 is 1.08 bits per heavy atom. The minimum absolute atomic E-state index is 0.0472. The molecular weight excluding hydrogens is 461 g/mol. The molecule has 2 heterocycles. The number of halogens is 1. The molecule has 9 heteroatoms. The smallest absolute Gasteiger partial charge is 0.236 e. The molecule has 0 bridgehead atoms. The predicted molar refractivity (Wildman–Crippen MR) is 136 cm³/mol. The van der Waals surface area contributed by atoms with Crippen molar-refractivity contribution in [3.63, 3.8) is 0 Å². The standard InChI is InChI=1S/C27H32FN5O3/c1-17-5-4-6-21(26(17)28)31-27-20-13-24(23(35-3)14-22(20)29-16-30-27)36-19-9-7-18(8-10-19)33-12-11-32(2)25(34)15-33/h4-6,13-14,16,18-19H,7-12,15H2,1-3H3,(H,29,30,31). The van der Waals surface area contributed by atoms with Crippen LogP contribution in [0, 0.1) is 12.7 Å². The molecule has 0 spiro atoms. The first-order valence-electron chi connectivity index (χ1n) is 12.4. The molecule has 8 nitrogen and oxygen atoms in total. The summed E-state index contributed by atoms with van der Waals surface area (Å²) in [4.78, 5) is 25.0. The number of nitrogens with zero attached hydrogens (tertiary/aromatic N) is 4. The summed E-state index contributed by atoms with van der Waals surface area (Å²) in [6, 6.07) is 9.32. The number of piperazine rings is 1. The topological polar surface area (TPSA) is 79.8 Å². The minimum Gasteiger partial charge on any atom is -0.493 e. The zero-order valence-corrected chi connectivity index (χ0v) is 21.0. The van der Waals surface area contributed by atoms with Crippen LogP contribution in [0.2, 0.25) is 0 Å². The van der Waals surface area contributed by atoms with Crippen molar-refractivity contribution >= 4 is 28.3 Å². The number of ether oxygens (including phenoxy) is 2. The molecule has 1 aliphatic heterocycles. The number of hydrogen-bond donors (Lipinski definition) is 1. The molecule has 1 aromatic heterocycles. The maximum absolute atomic E-state index is 14.6. The molecule has 1 amide bonds. The van der Waals surface area contributed by atoms with E-state index < -0.39 is 0 Å². The van der Waals surface area contributed by atoms with Gasteiger partial charge in [0.15, 0.2) is 11.5 Å². The number of anilines is 2. The van der Waals surface area contributed by atoms with Crippen molar-refractivity contribution in [2.45, 2.75) is 44.8 Å². The number of likely N-dealkylation sites (N-methyl/N-ethyl adjacent to an activating group) is 1. The Morgan fingerprint density at radius 3 is 2.64 bits per heavy atom. The van der Waals surface area contributed by atoms with Gasteiger partial charge in [-0.15, -0.1) is 0 Å². The summed E-state index contributed by atoms with van der Waals surface area (Å²) in [5, 5.41) is 3.84. The first-order valence-corrected chi connectivity index (χ1v) is 12.4. The normalized spacial score (nSPS) is 21.0. The maximum Gasteiger partial charge on any atom is 0.236 e. The highest BCUT2D eigenvalue weighted by atomic mass is 19.1. The van der Waals surface area contributed by atoms with Gasteiger partial charge in [0.2, 0.25) is 5.91 Å². The van der Waals surface area contributed by atoms with Crippen molar-refractivity contribution in [2.75, 3.05) is 39.1 Å². The van der Waals surface area contributed by atoms with Gasteiger partial charge in [0.1, 0.15) is 18.0 Å². The molecule has 1 saturated heterocycles. The van der Waals surface area contributed by atoms with E-state index in [0.29, 0.717) is 46.7 Å². The number of amides is 1. The number of carbonyl (C=O) groups is 1. The molecule has 0 unspecified atom stereocenters. The van der Waals surface area contributed by atoms with Crippen molar-refractivity contribution in [2.24, 2.45) is 0 Å². The van der Waals surface area contributed by atoms with Crippen LogP contribution in [0.1, 0.15) is 31.2 Å². The first-order chi connectivity index (χ1) is 17.4. The summed E-state index contributed by atoms with van der Waals surface area (Å²) < 4.78 is 26.7. The van der Waals surface area contributed by atoms with Gasteiger partial charge >= 0.3 is 0 Å². The van der Waals surface area contributed by atoms with Crippen LogP contribution in [0.3, 0.4) is 0 Å². The van der Waals surface area contributed by atoms with Gasteiger partial charge in [-0.2, -0.15) is 0 Å². The molecule has 0 atom stereocenters. The Kier molecular flexibility index (Phi) is 6.91. The van der Waals surface area contributed by atoms with Gasteiger partial charge in [-0.3, -0.25) is 9.69 Å². The average molecular weight is 494 g/mol. The summed E-state index contributed by atoms with van der Waals surface area (Å²) in [5.74, 6) is 1.60. The van der Waals surface area contributed by atoms with E-state index in [1.165, 1.54) is 6.33 Å². The largest absolute Gasteiger partial charge is 0.493 e. The summed E-state index contributed by atoms with van der Waals surface area (Å²) in [5.41, 5.74) is 1.59. The number of aromatic nitrogens is 2.